The molecule has 5 unspecified atom stereocenters. The topological polar surface area (TPSA) is 55.1 Å². The Morgan fingerprint density at radius 2 is 2.25 bits per heavy atom. The molecule has 1 amide bonds. The average Bonchev–Trinajstić information content (AvgIpc) is 2.85. The third kappa shape index (κ3) is 1.82. The summed E-state index contributed by atoms with van der Waals surface area (Å²) in [6.45, 7) is 1.98. The van der Waals surface area contributed by atoms with E-state index in [0.29, 0.717) is 11.8 Å². The molecule has 2 fully saturated rings. The first-order valence-electron chi connectivity index (χ1n) is 6.19. The van der Waals surface area contributed by atoms with E-state index in [0.717, 1.165) is 19.3 Å². The van der Waals surface area contributed by atoms with Gasteiger partial charge in [0.25, 0.3) is 0 Å². The second-order valence-electron chi connectivity index (χ2n) is 5.07. The van der Waals surface area contributed by atoms with Crippen LogP contribution in [0.2, 0.25) is 0 Å². The van der Waals surface area contributed by atoms with Gasteiger partial charge < -0.3 is 11.1 Å². The number of amides is 1. The van der Waals surface area contributed by atoms with Gasteiger partial charge in [-0.1, -0.05) is 12.8 Å². The Kier molecular flexibility index (Phi) is 3.20. The van der Waals surface area contributed by atoms with Crippen molar-refractivity contribution in [1.29, 1.82) is 0 Å². The maximum atomic E-state index is 12.1. The van der Waals surface area contributed by atoms with E-state index < -0.39 is 0 Å². The molecule has 2 aliphatic rings. The second kappa shape index (κ2) is 4.47. The first kappa shape index (κ1) is 11.5. The summed E-state index contributed by atoms with van der Waals surface area (Å²) in [6.07, 6.45) is 9.60. The van der Waals surface area contributed by atoms with E-state index >= 15 is 0 Å². The maximum absolute atomic E-state index is 12.1. The Morgan fingerprint density at radius 1 is 1.56 bits per heavy atom. The van der Waals surface area contributed by atoms with Crippen molar-refractivity contribution in [3.63, 3.8) is 0 Å². The Hall–Kier alpha value is -1.01. The summed E-state index contributed by atoms with van der Waals surface area (Å²) in [7, 11) is 0. The summed E-state index contributed by atoms with van der Waals surface area (Å²) >= 11 is 0. The number of terminal acetylenes is 1. The predicted octanol–water partition coefficient (Wildman–Crippen LogP) is 0.888. The van der Waals surface area contributed by atoms with Crippen LogP contribution in [0.1, 0.15) is 32.6 Å². The van der Waals surface area contributed by atoms with Gasteiger partial charge in [0.15, 0.2) is 0 Å². The van der Waals surface area contributed by atoms with E-state index in [-0.39, 0.29) is 23.9 Å². The molecule has 2 saturated carbocycles. The molecule has 0 aliphatic heterocycles. The van der Waals surface area contributed by atoms with Crippen molar-refractivity contribution in [2.45, 2.75) is 44.7 Å². The molecule has 0 aromatic rings. The molecule has 2 rings (SSSR count). The first-order chi connectivity index (χ1) is 7.67. The number of fused-ring (bicyclic) bond motifs is 2. The lowest BCUT2D eigenvalue weighted by Gasteiger charge is -2.27. The molecule has 0 radical (unpaired) electrons. The monoisotopic (exact) mass is 220 g/mol. The van der Waals surface area contributed by atoms with Crippen LogP contribution in [0.3, 0.4) is 0 Å². The smallest absolute Gasteiger partial charge is 0.225 e. The van der Waals surface area contributed by atoms with E-state index in [2.05, 4.69) is 11.2 Å². The molecule has 0 heterocycles. The Bertz CT molecular complexity index is 318. The van der Waals surface area contributed by atoms with Crippen LogP contribution in [0, 0.1) is 30.1 Å². The van der Waals surface area contributed by atoms with Gasteiger partial charge in [0.05, 0.1) is 12.0 Å². The molecule has 2 aliphatic carbocycles. The van der Waals surface area contributed by atoms with Gasteiger partial charge in [-0.3, -0.25) is 4.79 Å². The second-order valence-corrected chi connectivity index (χ2v) is 5.07. The molecule has 0 saturated heterocycles. The van der Waals surface area contributed by atoms with Crippen molar-refractivity contribution >= 4 is 5.91 Å². The van der Waals surface area contributed by atoms with Gasteiger partial charge in [-0.25, -0.2) is 0 Å². The minimum absolute atomic E-state index is 0.00106. The third-order valence-corrected chi connectivity index (χ3v) is 4.21. The minimum Gasteiger partial charge on any atom is -0.342 e. The molecule has 16 heavy (non-hydrogen) atoms. The highest BCUT2D eigenvalue weighted by atomic mass is 16.2. The lowest BCUT2D eigenvalue weighted by Crippen LogP contribution is -2.47. The zero-order chi connectivity index (χ0) is 11.7. The third-order valence-electron chi connectivity index (χ3n) is 4.21. The molecule has 5 atom stereocenters. The highest BCUT2D eigenvalue weighted by molar-refractivity contribution is 5.81. The molecule has 3 N–H and O–H groups in total. The van der Waals surface area contributed by atoms with Gasteiger partial charge in [0, 0.05) is 6.04 Å². The van der Waals surface area contributed by atoms with Crippen LogP contribution < -0.4 is 11.1 Å². The number of rotatable bonds is 3. The molecule has 2 bridgehead atoms. The maximum Gasteiger partial charge on any atom is 0.225 e. The zero-order valence-electron chi connectivity index (χ0n) is 9.78. The van der Waals surface area contributed by atoms with Crippen molar-refractivity contribution in [3.05, 3.63) is 0 Å². The van der Waals surface area contributed by atoms with Crippen molar-refractivity contribution in [2.24, 2.45) is 23.5 Å². The molecule has 88 valence electrons. The Morgan fingerprint density at radius 3 is 2.75 bits per heavy atom. The van der Waals surface area contributed by atoms with Crippen molar-refractivity contribution in [3.8, 4) is 12.3 Å². The summed E-state index contributed by atoms with van der Waals surface area (Å²) in [5, 5.41) is 2.92. The fourth-order valence-corrected chi connectivity index (χ4v) is 3.25. The summed E-state index contributed by atoms with van der Waals surface area (Å²) in [4.78, 5) is 12.1. The van der Waals surface area contributed by atoms with E-state index in [1.54, 1.807) is 0 Å². The van der Waals surface area contributed by atoms with Crippen LogP contribution >= 0.6 is 0 Å². The Balaban J connectivity index is 1.98. The quantitative estimate of drug-likeness (QED) is 0.694. The largest absolute Gasteiger partial charge is 0.342 e. The van der Waals surface area contributed by atoms with Gasteiger partial charge in [-0.05, 0) is 37.5 Å². The van der Waals surface area contributed by atoms with Crippen LogP contribution in [0.5, 0.6) is 0 Å². The number of hydrogen-bond donors (Lipinski definition) is 2. The molecule has 0 spiro atoms. The lowest BCUT2D eigenvalue weighted by molar-refractivity contribution is -0.127. The summed E-state index contributed by atoms with van der Waals surface area (Å²) in [5.74, 6) is 3.72. The van der Waals surface area contributed by atoms with Gasteiger partial charge in [0.1, 0.15) is 0 Å². The summed E-state index contributed by atoms with van der Waals surface area (Å²) in [5.41, 5.74) is 6.11. The van der Waals surface area contributed by atoms with Crippen LogP contribution in [-0.2, 0) is 4.79 Å². The lowest BCUT2D eigenvalue weighted by atomic mass is 9.84. The van der Waals surface area contributed by atoms with E-state index in [1.807, 2.05) is 6.92 Å². The van der Waals surface area contributed by atoms with Crippen LogP contribution in [0.25, 0.3) is 0 Å². The van der Waals surface area contributed by atoms with Crippen molar-refractivity contribution in [2.75, 3.05) is 0 Å². The first-order valence-corrected chi connectivity index (χ1v) is 6.19. The number of nitrogens with two attached hydrogens (primary N) is 1. The van der Waals surface area contributed by atoms with Gasteiger partial charge in [0.2, 0.25) is 5.91 Å². The Labute approximate surface area is 97.2 Å². The zero-order valence-corrected chi connectivity index (χ0v) is 9.78. The molecular weight excluding hydrogens is 200 g/mol. The molecule has 3 heteroatoms. The van der Waals surface area contributed by atoms with Gasteiger partial charge in [-0.2, -0.15) is 0 Å². The molecule has 0 aromatic heterocycles. The van der Waals surface area contributed by atoms with Crippen LogP contribution in [0.15, 0.2) is 0 Å². The number of hydrogen-bond acceptors (Lipinski definition) is 2. The predicted molar refractivity (Wildman–Crippen MR) is 63.4 cm³/mol. The van der Waals surface area contributed by atoms with Crippen LogP contribution in [0.4, 0.5) is 0 Å². The molecular formula is C13H20N2O. The molecule has 0 aromatic carbocycles. The highest BCUT2D eigenvalue weighted by Crippen LogP contribution is 2.47. The number of carbonyl (C=O) groups excluding carboxylic acids is 1. The van der Waals surface area contributed by atoms with Crippen molar-refractivity contribution < 1.29 is 4.79 Å². The fourth-order valence-electron chi connectivity index (χ4n) is 3.25. The van der Waals surface area contributed by atoms with Crippen LogP contribution in [-0.4, -0.2) is 18.0 Å². The number of nitrogens with one attached hydrogen (secondary N) is 1. The van der Waals surface area contributed by atoms with Crippen molar-refractivity contribution in [1.82, 2.24) is 5.32 Å². The van der Waals surface area contributed by atoms with E-state index in [4.69, 9.17) is 12.2 Å². The minimum atomic E-state index is -0.140. The SMILES string of the molecule is C#CC(CC)NC(=O)C1C2CCC(C2)C1N. The van der Waals surface area contributed by atoms with Gasteiger partial charge in [-0.15, -0.1) is 6.42 Å². The van der Waals surface area contributed by atoms with E-state index in [9.17, 15) is 4.79 Å². The average molecular weight is 220 g/mol. The highest BCUT2D eigenvalue weighted by Gasteiger charge is 2.49. The van der Waals surface area contributed by atoms with E-state index in [1.165, 1.54) is 6.42 Å². The number of carbonyl (C=O) groups is 1. The molecule has 3 nitrogen and oxygen atoms in total. The summed E-state index contributed by atoms with van der Waals surface area (Å²) < 4.78 is 0. The standard InChI is InChI=1S/C13H20N2O/c1-3-10(4-2)15-13(16)11-8-5-6-9(7-8)12(11)14/h1,8-12H,4-7,14H2,2H3,(H,15,16). The fraction of sp³-hybridized carbons (Fsp3) is 0.769. The normalized spacial score (nSPS) is 38.1. The van der Waals surface area contributed by atoms with Gasteiger partial charge >= 0.3 is 0 Å². The summed E-state index contributed by atoms with van der Waals surface area (Å²) in [6, 6.07) is -0.0899.